The van der Waals surface area contributed by atoms with Crippen LogP contribution in [0.15, 0.2) is 53.4 Å². The molecule has 0 atom stereocenters. The van der Waals surface area contributed by atoms with Gasteiger partial charge in [0.2, 0.25) is 15.9 Å². The molecule has 2 rings (SSSR count). The van der Waals surface area contributed by atoms with Gasteiger partial charge in [-0.25, -0.2) is 13.1 Å². The summed E-state index contributed by atoms with van der Waals surface area (Å²) in [7, 11) is -2.00. The molecule has 0 radical (unpaired) electrons. The molecule has 1 amide bonds. The summed E-state index contributed by atoms with van der Waals surface area (Å²) < 4.78 is 26.7. The Hall–Kier alpha value is -1.60. The lowest BCUT2D eigenvalue weighted by Gasteiger charge is -2.17. The Labute approximate surface area is 157 Å². The Morgan fingerprint density at radius 3 is 2.40 bits per heavy atom. The molecule has 0 aliphatic heterocycles. The zero-order valence-corrected chi connectivity index (χ0v) is 15.9. The molecule has 8 heteroatoms. The van der Waals surface area contributed by atoms with E-state index in [-0.39, 0.29) is 23.8 Å². The molecule has 0 aromatic heterocycles. The lowest BCUT2D eigenvalue weighted by Crippen LogP contribution is -2.31. The third kappa shape index (κ3) is 6.01. The van der Waals surface area contributed by atoms with Crippen LogP contribution in [0.2, 0.25) is 10.0 Å². The average Bonchev–Trinajstić information content (AvgIpc) is 2.55. The van der Waals surface area contributed by atoms with Crippen molar-refractivity contribution in [2.45, 2.75) is 17.9 Å². The molecular weight excluding hydrogens is 383 g/mol. The van der Waals surface area contributed by atoms with Crippen molar-refractivity contribution in [3.05, 3.63) is 64.1 Å². The fourth-order valence-corrected chi connectivity index (χ4v) is 3.55. The second-order valence-electron chi connectivity index (χ2n) is 5.48. The summed E-state index contributed by atoms with van der Waals surface area (Å²) >= 11 is 11.7. The number of nitrogens with zero attached hydrogens (tertiary/aromatic N) is 1. The van der Waals surface area contributed by atoms with E-state index >= 15 is 0 Å². The zero-order chi connectivity index (χ0) is 18.4. The second kappa shape index (κ2) is 8.67. The van der Waals surface area contributed by atoms with E-state index in [4.69, 9.17) is 23.2 Å². The van der Waals surface area contributed by atoms with Crippen LogP contribution in [-0.4, -0.2) is 32.8 Å². The number of sulfonamides is 1. The van der Waals surface area contributed by atoms with Gasteiger partial charge in [0.15, 0.2) is 0 Å². The average molecular weight is 401 g/mol. The molecule has 25 heavy (non-hydrogen) atoms. The van der Waals surface area contributed by atoms with Crippen molar-refractivity contribution in [2.24, 2.45) is 0 Å². The number of halogens is 2. The maximum absolute atomic E-state index is 12.1. The Kier molecular flexibility index (Phi) is 6.84. The van der Waals surface area contributed by atoms with Gasteiger partial charge in [-0.1, -0.05) is 35.3 Å². The molecule has 2 aromatic rings. The number of hydrogen-bond donors (Lipinski definition) is 1. The van der Waals surface area contributed by atoms with Crippen LogP contribution >= 0.6 is 23.2 Å². The molecule has 134 valence electrons. The topological polar surface area (TPSA) is 66.5 Å². The van der Waals surface area contributed by atoms with Gasteiger partial charge in [-0.05, 0) is 42.0 Å². The maximum atomic E-state index is 12.1. The summed E-state index contributed by atoms with van der Waals surface area (Å²) in [5.74, 6) is -0.168. The highest BCUT2D eigenvalue weighted by Crippen LogP contribution is 2.14. The van der Waals surface area contributed by atoms with Crippen LogP contribution in [0.4, 0.5) is 0 Å². The SMILES string of the molecule is CN(Cc1cccc(Cl)c1)C(=O)CCNS(=O)(=O)c1ccc(Cl)cc1. The smallest absolute Gasteiger partial charge is 0.240 e. The second-order valence-corrected chi connectivity index (χ2v) is 8.12. The third-order valence-corrected chi connectivity index (χ3v) is 5.45. The number of hydrogen-bond acceptors (Lipinski definition) is 3. The predicted octanol–water partition coefficient (Wildman–Crippen LogP) is 3.32. The van der Waals surface area contributed by atoms with Crippen molar-refractivity contribution >= 4 is 39.1 Å². The lowest BCUT2D eigenvalue weighted by molar-refractivity contribution is -0.130. The van der Waals surface area contributed by atoms with Crippen LogP contribution in [0.3, 0.4) is 0 Å². The molecule has 1 N–H and O–H groups in total. The summed E-state index contributed by atoms with van der Waals surface area (Å²) in [5, 5.41) is 1.06. The molecule has 0 spiro atoms. The summed E-state index contributed by atoms with van der Waals surface area (Å²) in [6, 6.07) is 13.1. The van der Waals surface area contributed by atoms with Crippen LogP contribution in [-0.2, 0) is 21.4 Å². The molecule has 5 nitrogen and oxygen atoms in total. The van der Waals surface area contributed by atoms with Crippen LogP contribution in [0.5, 0.6) is 0 Å². The highest BCUT2D eigenvalue weighted by Gasteiger charge is 2.15. The lowest BCUT2D eigenvalue weighted by atomic mass is 10.2. The van der Waals surface area contributed by atoms with E-state index in [1.165, 1.54) is 29.2 Å². The molecule has 0 aliphatic rings. The molecule has 0 saturated carbocycles. The van der Waals surface area contributed by atoms with Crippen LogP contribution in [0, 0.1) is 0 Å². The van der Waals surface area contributed by atoms with E-state index in [2.05, 4.69) is 4.72 Å². The highest BCUT2D eigenvalue weighted by atomic mass is 35.5. The zero-order valence-electron chi connectivity index (χ0n) is 13.6. The fourth-order valence-electron chi connectivity index (χ4n) is 2.18. The van der Waals surface area contributed by atoms with E-state index < -0.39 is 10.0 Å². The summed E-state index contributed by atoms with van der Waals surface area (Å²) in [6.07, 6.45) is 0.0594. The van der Waals surface area contributed by atoms with Gasteiger partial charge in [0.05, 0.1) is 4.90 Å². The van der Waals surface area contributed by atoms with Crippen LogP contribution in [0.1, 0.15) is 12.0 Å². The summed E-state index contributed by atoms with van der Waals surface area (Å²) in [6.45, 7) is 0.424. The molecule has 0 fully saturated rings. The van der Waals surface area contributed by atoms with E-state index in [9.17, 15) is 13.2 Å². The van der Waals surface area contributed by atoms with Crippen molar-refractivity contribution in [2.75, 3.05) is 13.6 Å². The quantitative estimate of drug-likeness (QED) is 0.774. The van der Waals surface area contributed by atoms with Gasteiger partial charge in [0.1, 0.15) is 0 Å². The number of rotatable bonds is 7. The number of benzene rings is 2. The first-order valence-electron chi connectivity index (χ1n) is 7.51. The minimum atomic E-state index is -3.66. The standard InChI is InChI=1S/C17H18Cl2N2O3S/c1-21(12-13-3-2-4-15(19)11-13)17(22)9-10-20-25(23,24)16-7-5-14(18)6-8-16/h2-8,11,20H,9-10,12H2,1H3. The third-order valence-electron chi connectivity index (χ3n) is 3.49. The van der Waals surface area contributed by atoms with Gasteiger partial charge in [-0.15, -0.1) is 0 Å². The Bertz CT molecular complexity index is 839. The number of nitrogens with one attached hydrogen (secondary N) is 1. The van der Waals surface area contributed by atoms with Crippen molar-refractivity contribution in [3.63, 3.8) is 0 Å². The molecular formula is C17H18Cl2N2O3S. The molecule has 0 bridgehead atoms. The van der Waals surface area contributed by atoms with E-state index in [1.807, 2.05) is 12.1 Å². The largest absolute Gasteiger partial charge is 0.341 e. The van der Waals surface area contributed by atoms with Gasteiger partial charge in [-0.3, -0.25) is 4.79 Å². The van der Waals surface area contributed by atoms with Gasteiger partial charge in [0, 0.05) is 36.6 Å². The van der Waals surface area contributed by atoms with Gasteiger partial charge < -0.3 is 4.90 Å². The van der Waals surface area contributed by atoms with Crippen LogP contribution < -0.4 is 4.72 Å². The molecule has 0 unspecified atom stereocenters. The maximum Gasteiger partial charge on any atom is 0.240 e. The normalized spacial score (nSPS) is 11.3. The Balaban J connectivity index is 1.86. The Morgan fingerprint density at radius 2 is 1.76 bits per heavy atom. The molecule has 2 aromatic carbocycles. The number of carbonyl (C=O) groups excluding carboxylic acids is 1. The minimum Gasteiger partial charge on any atom is -0.341 e. The van der Waals surface area contributed by atoms with Gasteiger partial charge >= 0.3 is 0 Å². The van der Waals surface area contributed by atoms with Gasteiger partial charge in [-0.2, -0.15) is 0 Å². The Morgan fingerprint density at radius 1 is 1.08 bits per heavy atom. The van der Waals surface area contributed by atoms with E-state index in [0.717, 1.165) is 5.56 Å². The first-order chi connectivity index (χ1) is 11.8. The fraction of sp³-hybridized carbons (Fsp3) is 0.235. The number of carbonyl (C=O) groups is 1. The van der Waals surface area contributed by atoms with E-state index in [1.54, 1.807) is 19.2 Å². The summed E-state index contributed by atoms with van der Waals surface area (Å²) in [5.41, 5.74) is 0.907. The van der Waals surface area contributed by atoms with Crippen LogP contribution in [0.25, 0.3) is 0 Å². The number of amides is 1. The van der Waals surface area contributed by atoms with Crippen molar-refractivity contribution in [3.8, 4) is 0 Å². The van der Waals surface area contributed by atoms with Crippen molar-refractivity contribution < 1.29 is 13.2 Å². The van der Waals surface area contributed by atoms with Gasteiger partial charge in [0.25, 0.3) is 0 Å². The monoisotopic (exact) mass is 400 g/mol. The predicted molar refractivity (Wildman–Crippen MR) is 99.2 cm³/mol. The van der Waals surface area contributed by atoms with Crippen molar-refractivity contribution in [1.82, 2.24) is 9.62 Å². The molecule has 0 heterocycles. The first kappa shape index (κ1) is 19.7. The van der Waals surface area contributed by atoms with Crippen molar-refractivity contribution in [1.29, 1.82) is 0 Å². The highest BCUT2D eigenvalue weighted by molar-refractivity contribution is 7.89. The van der Waals surface area contributed by atoms with E-state index in [0.29, 0.717) is 16.6 Å². The minimum absolute atomic E-state index is 0.0175. The first-order valence-corrected chi connectivity index (χ1v) is 9.75. The molecule has 0 saturated heterocycles. The molecule has 0 aliphatic carbocycles. The summed E-state index contributed by atoms with van der Waals surface area (Å²) in [4.78, 5) is 13.8.